The Morgan fingerprint density at radius 3 is 2.19 bits per heavy atom. The van der Waals surface area contributed by atoms with Gasteiger partial charge in [0.1, 0.15) is 0 Å². The summed E-state index contributed by atoms with van der Waals surface area (Å²) >= 11 is 0. The molecular formula is C11H17O4P. The third kappa shape index (κ3) is 2.92. The van der Waals surface area contributed by atoms with E-state index in [2.05, 4.69) is 0 Å². The number of rotatable bonds is 6. The normalized spacial score (nSPS) is 13.7. The van der Waals surface area contributed by atoms with Crippen LogP contribution in [0, 0.1) is 0 Å². The second-order valence-corrected chi connectivity index (χ2v) is 5.40. The minimum absolute atomic E-state index is 0.441. The summed E-state index contributed by atoms with van der Waals surface area (Å²) in [5.74, 6) is -0.673. The summed E-state index contributed by atoms with van der Waals surface area (Å²) in [6, 6.07) is 9.28. The Kier molecular flexibility index (Phi) is 5.16. The maximum atomic E-state index is 12.3. The van der Waals surface area contributed by atoms with Gasteiger partial charge in [-0.3, -0.25) is 4.57 Å². The fourth-order valence-electron chi connectivity index (χ4n) is 1.41. The van der Waals surface area contributed by atoms with Crippen molar-refractivity contribution in [2.24, 2.45) is 0 Å². The highest BCUT2D eigenvalue weighted by Crippen LogP contribution is 2.60. The van der Waals surface area contributed by atoms with Gasteiger partial charge >= 0.3 is 7.60 Å². The molecule has 1 unspecified atom stereocenters. The van der Waals surface area contributed by atoms with Crippen molar-refractivity contribution in [1.29, 1.82) is 0 Å². The highest BCUT2D eigenvalue weighted by Gasteiger charge is 2.35. The van der Waals surface area contributed by atoms with Crippen LogP contribution in [-0.4, -0.2) is 20.8 Å². The van der Waals surface area contributed by atoms with Crippen LogP contribution < -0.4 is 0 Å². The van der Waals surface area contributed by atoms with E-state index in [9.17, 15) is 4.57 Å². The Hall–Kier alpha value is -0.670. The van der Waals surface area contributed by atoms with Crippen molar-refractivity contribution in [3.05, 3.63) is 35.9 Å². The van der Waals surface area contributed by atoms with Crippen LogP contribution in [0.15, 0.2) is 30.3 Å². The molecule has 0 fully saturated rings. The van der Waals surface area contributed by atoms with Crippen molar-refractivity contribution in [3.8, 4) is 0 Å². The first-order valence-electron chi connectivity index (χ1n) is 5.05. The quantitative estimate of drug-likeness (QED) is 0.721. The largest absolute Gasteiger partial charge is 0.363 e. The van der Waals surface area contributed by atoms with Gasteiger partial charge in [-0.15, -0.1) is 0 Å². The fraction of sp³-hybridized carbons (Fsp3) is 0.455. The molecule has 0 saturated heterocycles. The average Bonchev–Trinajstić information content (AvgIpc) is 2.36. The molecule has 0 amide bonds. The highest BCUT2D eigenvalue weighted by atomic mass is 31.2. The monoisotopic (exact) mass is 244 g/mol. The smallest absolute Gasteiger partial charge is 0.361 e. The SMILES string of the molecule is CCOC(c1ccccc1)P(=O)(OC)OC. The molecule has 90 valence electrons. The van der Waals surface area contributed by atoms with E-state index in [-0.39, 0.29) is 0 Å². The third-order valence-corrected chi connectivity index (χ3v) is 4.24. The Morgan fingerprint density at radius 1 is 1.19 bits per heavy atom. The van der Waals surface area contributed by atoms with Crippen LogP contribution in [0.2, 0.25) is 0 Å². The van der Waals surface area contributed by atoms with Gasteiger partial charge in [-0.2, -0.15) is 0 Å². The van der Waals surface area contributed by atoms with E-state index in [1.54, 1.807) is 0 Å². The molecule has 0 heterocycles. The van der Waals surface area contributed by atoms with Crippen LogP contribution >= 0.6 is 7.60 Å². The molecule has 1 aromatic carbocycles. The maximum absolute atomic E-state index is 12.3. The lowest BCUT2D eigenvalue weighted by molar-refractivity contribution is 0.0870. The van der Waals surface area contributed by atoms with Crippen molar-refractivity contribution < 1.29 is 18.3 Å². The summed E-state index contributed by atoms with van der Waals surface area (Å²) in [5, 5.41) is 0. The van der Waals surface area contributed by atoms with E-state index in [1.165, 1.54) is 14.2 Å². The van der Waals surface area contributed by atoms with E-state index < -0.39 is 13.4 Å². The van der Waals surface area contributed by atoms with Gasteiger partial charge in [-0.1, -0.05) is 30.3 Å². The standard InChI is InChI=1S/C11H17O4P/c1-4-15-11(16(12,13-2)14-3)10-8-6-5-7-9-10/h5-9,11H,4H2,1-3H3. The first kappa shape index (κ1) is 13.4. The van der Waals surface area contributed by atoms with Crippen LogP contribution in [0.4, 0.5) is 0 Å². The predicted molar refractivity (Wildman–Crippen MR) is 62.4 cm³/mol. The second kappa shape index (κ2) is 6.16. The van der Waals surface area contributed by atoms with E-state index in [0.29, 0.717) is 6.61 Å². The molecule has 0 bridgehead atoms. The van der Waals surface area contributed by atoms with Crippen molar-refractivity contribution >= 4 is 7.60 Å². The molecule has 4 nitrogen and oxygen atoms in total. The number of ether oxygens (including phenoxy) is 1. The van der Waals surface area contributed by atoms with Crippen molar-refractivity contribution in [2.45, 2.75) is 12.8 Å². The van der Waals surface area contributed by atoms with Crippen LogP contribution in [-0.2, 0) is 18.3 Å². The molecule has 0 aromatic heterocycles. The van der Waals surface area contributed by atoms with Gasteiger partial charge in [-0.05, 0) is 12.5 Å². The van der Waals surface area contributed by atoms with Crippen molar-refractivity contribution in [1.82, 2.24) is 0 Å². The van der Waals surface area contributed by atoms with E-state index >= 15 is 0 Å². The topological polar surface area (TPSA) is 44.8 Å². The summed E-state index contributed by atoms with van der Waals surface area (Å²) in [5.41, 5.74) is 0.788. The third-order valence-electron chi connectivity index (χ3n) is 2.21. The molecule has 0 aliphatic heterocycles. The average molecular weight is 244 g/mol. The van der Waals surface area contributed by atoms with Gasteiger partial charge in [0.25, 0.3) is 0 Å². The summed E-state index contributed by atoms with van der Waals surface area (Å²) < 4.78 is 27.7. The summed E-state index contributed by atoms with van der Waals surface area (Å²) in [4.78, 5) is 0. The van der Waals surface area contributed by atoms with Crippen molar-refractivity contribution in [2.75, 3.05) is 20.8 Å². The van der Waals surface area contributed by atoms with Crippen LogP contribution in [0.1, 0.15) is 18.3 Å². The second-order valence-electron chi connectivity index (χ2n) is 3.12. The van der Waals surface area contributed by atoms with Crippen LogP contribution in [0.3, 0.4) is 0 Å². The molecule has 0 aliphatic carbocycles. The molecule has 1 atom stereocenters. The fourth-order valence-corrected chi connectivity index (χ4v) is 2.81. The molecule has 0 N–H and O–H groups in total. The number of benzene rings is 1. The van der Waals surface area contributed by atoms with Gasteiger partial charge in [0.15, 0.2) is 5.85 Å². The van der Waals surface area contributed by atoms with E-state index in [1.807, 2.05) is 37.3 Å². The zero-order valence-electron chi connectivity index (χ0n) is 9.75. The zero-order valence-corrected chi connectivity index (χ0v) is 10.6. The van der Waals surface area contributed by atoms with Crippen molar-refractivity contribution in [3.63, 3.8) is 0 Å². The van der Waals surface area contributed by atoms with Gasteiger partial charge in [0.05, 0.1) is 0 Å². The predicted octanol–water partition coefficient (Wildman–Crippen LogP) is 3.21. The number of hydrogen-bond acceptors (Lipinski definition) is 4. The molecule has 0 radical (unpaired) electrons. The lowest BCUT2D eigenvalue weighted by atomic mass is 10.2. The molecular weight excluding hydrogens is 227 g/mol. The molecule has 1 aromatic rings. The first-order valence-corrected chi connectivity index (χ1v) is 6.67. The molecule has 16 heavy (non-hydrogen) atoms. The first-order chi connectivity index (χ1) is 7.68. The lowest BCUT2D eigenvalue weighted by Gasteiger charge is -2.24. The Labute approximate surface area is 96.1 Å². The van der Waals surface area contributed by atoms with Crippen LogP contribution in [0.25, 0.3) is 0 Å². The maximum Gasteiger partial charge on any atom is 0.363 e. The highest BCUT2D eigenvalue weighted by molar-refractivity contribution is 7.54. The Balaban J connectivity index is 3.04. The molecule has 0 spiro atoms. The van der Waals surface area contributed by atoms with Gasteiger partial charge < -0.3 is 13.8 Å². The summed E-state index contributed by atoms with van der Waals surface area (Å²) in [6.45, 7) is 2.28. The lowest BCUT2D eigenvalue weighted by Crippen LogP contribution is -2.07. The summed E-state index contributed by atoms with van der Waals surface area (Å²) in [6.07, 6.45) is 0. The Morgan fingerprint density at radius 2 is 1.75 bits per heavy atom. The number of hydrogen-bond donors (Lipinski definition) is 0. The Bertz CT molecular complexity index is 344. The molecule has 0 aliphatic rings. The van der Waals surface area contributed by atoms with E-state index in [0.717, 1.165) is 5.56 Å². The minimum Gasteiger partial charge on any atom is -0.361 e. The summed E-state index contributed by atoms with van der Waals surface area (Å²) in [7, 11) is -0.531. The molecule has 1 rings (SSSR count). The molecule has 0 saturated carbocycles. The van der Waals surface area contributed by atoms with Gasteiger partial charge in [0.2, 0.25) is 0 Å². The molecule has 5 heteroatoms. The van der Waals surface area contributed by atoms with Gasteiger partial charge in [0, 0.05) is 20.8 Å². The minimum atomic E-state index is -3.25. The zero-order chi connectivity index (χ0) is 12.0. The van der Waals surface area contributed by atoms with Gasteiger partial charge in [-0.25, -0.2) is 0 Å². The van der Waals surface area contributed by atoms with E-state index in [4.69, 9.17) is 13.8 Å². The van der Waals surface area contributed by atoms with Crippen LogP contribution in [0.5, 0.6) is 0 Å².